The summed E-state index contributed by atoms with van der Waals surface area (Å²) >= 11 is 1.44. The molecule has 1 aliphatic heterocycles. The van der Waals surface area contributed by atoms with E-state index in [9.17, 15) is 5.26 Å². The predicted molar refractivity (Wildman–Crippen MR) is 78.1 cm³/mol. The van der Waals surface area contributed by atoms with Crippen LogP contribution in [0.4, 0.5) is 11.6 Å². The average Bonchev–Trinajstić information content (AvgIpc) is 2.99. The van der Waals surface area contributed by atoms with Crippen molar-refractivity contribution < 1.29 is 0 Å². The lowest BCUT2D eigenvalue weighted by Crippen LogP contribution is -2.28. The van der Waals surface area contributed by atoms with E-state index in [0.29, 0.717) is 22.3 Å². The Morgan fingerprint density at radius 2 is 2.30 bits per heavy atom. The van der Waals surface area contributed by atoms with Crippen LogP contribution in [0.25, 0.3) is 5.13 Å². The molecule has 0 radical (unpaired) electrons. The van der Waals surface area contributed by atoms with Gasteiger partial charge in [0.25, 0.3) is 0 Å². The van der Waals surface area contributed by atoms with Gasteiger partial charge in [0.2, 0.25) is 5.13 Å². The van der Waals surface area contributed by atoms with Gasteiger partial charge in [0.15, 0.2) is 5.82 Å². The molecule has 0 aromatic carbocycles. The largest absolute Gasteiger partial charge is 0.382 e. The number of nitriles is 1. The van der Waals surface area contributed by atoms with Gasteiger partial charge in [-0.05, 0) is 13.0 Å². The Morgan fingerprint density at radius 3 is 3.05 bits per heavy atom. The maximum absolute atomic E-state index is 9.37. The number of nitrogens with two attached hydrogens (primary N) is 1. The van der Waals surface area contributed by atoms with Gasteiger partial charge in [0.1, 0.15) is 17.5 Å². The van der Waals surface area contributed by atoms with E-state index in [0.717, 1.165) is 32.6 Å². The number of nitrogen functional groups attached to an aromatic ring is 1. The second-order valence-electron chi connectivity index (χ2n) is 4.51. The summed E-state index contributed by atoms with van der Waals surface area (Å²) in [6.07, 6.45) is 2.72. The number of rotatable bonds is 2. The molecule has 0 saturated carbocycles. The van der Waals surface area contributed by atoms with Crippen LogP contribution in [0.15, 0.2) is 11.6 Å². The highest BCUT2D eigenvalue weighted by atomic mass is 32.1. The first-order chi connectivity index (χ1) is 9.81. The predicted octanol–water partition coefficient (Wildman–Crippen LogP) is 0.582. The second kappa shape index (κ2) is 5.48. The van der Waals surface area contributed by atoms with Crippen molar-refractivity contribution in [3.05, 3.63) is 17.1 Å². The molecule has 3 heterocycles. The van der Waals surface area contributed by atoms with Gasteiger partial charge in [0.05, 0.1) is 0 Å². The molecule has 0 bridgehead atoms. The zero-order valence-electron chi connectivity index (χ0n) is 10.9. The van der Waals surface area contributed by atoms with Crippen LogP contribution in [0.2, 0.25) is 0 Å². The summed E-state index contributed by atoms with van der Waals surface area (Å²) in [6.45, 7) is 3.56. The quantitative estimate of drug-likeness (QED) is 0.839. The minimum Gasteiger partial charge on any atom is -0.382 e. The van der Waals surface area contributed by atoms with Gasteiger partial charge >= 0.3 is 0 Å². The molecule has 104 valence electrons. The van der Waals surface area contributed by atoms with E-state index in [1.807, 2.05) is 5.38 Å². The van der Waals surface area contributed by atoms with E-state index in [1.165, 1.54) is 11.3 Å². The molecule has 3 N–H and O–H groups in total. The Bertz CT molecular complexity index is 617. The lowest BCUT2D eigenvalue weighted by molar-refractivity contribution is 0.724. The van der Waals surface area contributed by atoms with Gasteiger partial charge in [-0.15, -0.1) is 16.4 Å². The fourth-order valence-corrected chi connectivity index (χ4v) is 2.88. The van der Waals surface area contributed by atoms with Crippen LogP contribution in [0, 0.1) is 11.3 Å². The summed E-state index contributed by atoms with van der Waals surface area (Å²) in [4.78, 5) is 6.31. The van der Waals surface area contributed by atoms with Gasteiger partial charge in [0, 0.05) is 31.2 Å². The summed E-state index contributed by atoms with van der Waals surface area (Å²) < 4.78 is 1.55. The fourth-order valence-electron chi connectivity index (χ4n) is 2.27. The maximum atomic E-state index is 9.37. The van der Waals surface area contributed by atoms with Crippen molar-refractivity contribution in [2.24, 2.45) is 0 Å². The standard InChI is InChI=1S/C12H15N7S/c13-8-9-10(14)19(12-16-4-7-20-12)17-11(9)18-5-1-2-15-3-6-18/h4,7,15H,1-3,5-6,14H2. The highest BCUT2D eigenvalue weighted by Crippen LogP contribution is 2.28. The molecule has 0 atom stereocenters. The van der Waals surface area contributed by atoms with E-state index in [2.05, 4.69) is 26.4 Å². The molecule has 20 heavy (non-hydrogen) atoms. The molecular weight excluding hydrogens is 274 g/mol. The number of nitrogens with one attached hydrogen (secondary N) is 1. The normalized spacial score (nSPS) is 15.8. The van der Waals surface area contributed by atoms with E-state index in [-0.39, 0.29) is 0 Å². The maximum Gasteiger partial charge on any atom is 0.212 e. The van der Waals surface area contributed by atoms with Crippen molar-refractivity contribution in [1.29, 1.82) is 5.26 Å². The first kappa shape index (κ1) is 12.9. The molecule has 2 aromatic heterocycles. The number of aromatic nitrogens is 3. The third-order valence-electron chi connectivity index (χ3n) is 3.25. The smallest absolute Gasteiger partial charge is 0.212 e. The third kappa shape index (κ3) is 2.21. The van der Waals surface area contributed by atoms with Crippen LogP contribution >= 0.6 is 11.3 Å². The van der Waals surface area contributed by atoms with Gasteiger partial charge in [-0.3, -0.25) is 0 Å². The monoisotopic (exact) mass is 289 g/mol. The van der Waals surface area contributed by atoms with Gasteiger partial charge in [-0.2, -0.15) is 9.94 Å². The molecule has 1 aliphatic rings. The number of anilines is 2. The van der Waals surface area contributed by atoms with Gasteiger partial charge in [-0.1, -0.05) is 0 Å². The fraction of sp³-hybridized carbons (Fsp3) is 0.417. The van der Waals surface area contributed by atoms with Crippen molar-refractivity contribution >= 4 is 23.0 Å². The number of hydrogen-bond donors (Lipinski definition) is 2. The van der Waals surface area contributed by atoms with Gasteiger partial charge < -0.3 is 16.0 Å². The Morgan fingerprint density at radius 1 is 1.40 bits per heavy atom. The molecule has 0 unspecified atom stereocenters. The molecule has 1 fully saturated rings. The molecule has 7 nitrogen and oxygen atoms in total. The van der Waals surface area contributed by atoms with E-state index in [4.69, 9.17) is 5.73 Å². The van der Waals surface area contributed by atoms with Crippen LogP contribution in [0.3, 0.4) is 0 Å². The molecule has 0 aliphatic carbocycles. The van der Waals surface area contributed by atoms with Crippen molar-refractivity contribution in [3.63, 3.8) is 0 Å². The highest BCUT2D eigenvalue weighted by Gasteiger charge is 2.22. The molecule has 0 amide bonds. The van der Waals surface area contributed by atoms with Crippen LogP contribution in [-0.2, 0) is 0 Å². The number of nitrogens with zero attached hydrogens (tertiary/aromatic N) is 5. The number of thiazole rings is 1. The summed E-state index contributed by atoms with van der Waals surface area (Å²) in [6, 6.07) is 2.17. The topological polar surface area (TPSA) is 95.8 Å². The summed E-state index contributed by atoms with van der Waals surface area (Å²) in [7, 11) is 0. The highest BCUT2D eigenvalue weighted by molar-refractivity contribution is 7.12. The first-order valence-electron chi connectivity index (χ1n) is 6.45. The van der Waals surface area contributed by atoms with Crippen LogP contribution in [0.5, 0.6) is 0 Å². The SMILES string of the molecule is N#Cc1c(N2CCCNCC2)nn(-c2nccs2)c1N. The summed E-state index contributed by atoms with van der Waals surface area (Å²) in [5, 5.41) is 19.7. The lowest BCUT2D eigenvalue weighted by Gasteiger charge is -2.19. The van der Waals surface area contributed by atoms with Crippen LogP contribution < -0.4 is 16.0 Å². The minimum atomic E-state index is 0.356. The lowest BCUT2D eigenvalue weighted by atomic mass is 10.3. The van der Waals surface area contributed by atoms with E-state index >= 15 is 0 Å². The zero-order valence-corrected chi connectivity index (χ0v) is 11.7. The first-order valence-corrected chi connectivity index (χ1v) is 7.33. The molecule has 1 saturated heterocycles. The molecule has 0 spiro atoms. The molecule has 2 aromatic rings. The number of hydrogen-bond acceptors (Lipinski definition) is 7. The van der Waals surface area contributed by atoms with Crippen molar-refractivity contribution in [3.8, 4) is 11.2 Å². The van der Waals surface area contributed by atoms with Crippen molar-refractivity contribution in [1.82, 2.24) is 20.1 Å². The minimum absolute atomic E-state index is 0.356. The second-order valence-corrected chi connectivity index (χ2v) is 5.39. The van der Waals surface area contributed by atoms with E-state index < -0.39 is 0 Å². The van der Waals surface area contributed by atoms with Gasteiger partial charge in [-0.25, -0.2) is 4.98 Å². The molecular formula is C12H15N7S. The van der Waals surface area contributed by atoms with E-state index in [1.54, 1.807) is 10.9 Å². The summed E-state index contributed by atoms with van der Waals surface area (Å²) in [5.74, 6) is 1.01. The summed E-state index contributed by atoms with van der Waals surface area (Å²) in [5.41, 5.74) is 6.49. The third-order valence-corrected chi connectivity index (χ3v) is 4.00. The molecule has 8 heteroatoms. The van der Waals surface area contributed by atoms with Crippen molar-refractivity contribution in [2.45, 2.75) is 6.42 Å². The van der Waals surface area contributed by atoms with Crippen LogP contribution in [0.1, 0.15) is 12.0 Å². The Labute approximate surface area is 120 Å². The Kier molecular flexibility index (Phi) is 3.54. The average molecular weight is 289 g/mol. The van der Waals surface area contributed by atoms with Crippen molar-refractivity contribution in [2.75, 3.05) is 36.8 Å². The Balaban J connectivity index is 2.02. The molecule has 3 rings (SSSR count). The zero-order chi connectivity index (χ0) is 13.9. The Hall–Kier alpha value is -2.11. The van der Waals surface area contributed by atoms with Crippen LogP contribution in [-0.4, -0.2) is 40.9 Å².